The van der Waals surface area contributed by atoms with Gasteiger partial charge in [0.1, 0.15) is 6.26 Å². The molecular weight excluding hydrogens is 294 g/mol. The van der Waals surface area contributed by atoms with Gasteiger partial charge in [-0.05, 0) is 25.1 Å². The molecule has 0 aliphatic heterocycles. The molecule has 1 aromatic carbocycles. The maximum absolute atomic E-state index is 12.3. The van der Waals surface area contributed by atoms with Gasteiger partial charge in [0.25, 0.3) is 5.91 Å². The van der Waals surface area contributed by atoms with Gasteiger partial charge in [0.15, 0.2) is 0 Å². The molecule has 2 heterocycles. The molecule has 3 rings (SSSR count). The van der Waals surface area contributed by atoms with Crippen molar-refractivity contribution in [1.29, 1.82) is 0 Å². The van der Waals surface area contributed by atoms with Gasteiger partial charge in [0.2, 0.25) is 5.89 Å². The predicted octanol–water partition coefficient (Wildman–Crippen LogP) is 2.14. The second-order valence-corrected chi connectivity index (χ2v) is 5.30. The van der Waals surface area contributed by atoms with E-state index in [-0.39, 0.29) is 11.9 Å². The third-order valence-corrected chi connectivity index (χ3v) is 3.17. The van der Waals surface area contributed by atoms with Gasteiger partial charge in [-0.25, -0.2) is 4.98 Å². The van der Waals surface area contributed by atoms with E-state index in [1.54, 1.807) is 29.2 Å². The number of amides is 1. The molecule has 0 saturated heterocycles. The third kappa shape index (κ3) is 3.64. The normalized spacial score (nSPS) is 12.1. The summed E-state index contributed by atoms with van der Waals surface area (Å²) in [6, 6.07) is 7.27. The third-order valence-electron chi connectivity index (χ3n) is 3.17. The van der Waals surface area contributed by atoms with E-state index in [1.807, 2.05) is 19.1 Å². The Morgan fingerprint density at radius 2 is 2.35 bits per heavy atom. The van der Waals surface area contributed by atoms with Crippen molar-refractivity contribution in [2.24, 2.45) is 5.73 Å². The molecule has 1 atom stereocenters. The van der Waals surface area contributed by atoms with Crippen LogP contribution in [0.15, 0.2) is 53.5 Å². The molecule has 0 aliphatic rings. The van der Waals surface area contributed by atoms with Gasteiger partial charge in [0.05, 0.1) is 24.5 Å². The lowest BCUT2D eigenvalue weighted by molar-refractivity contribution is 0.102. The topological polar surface area (TPSA) is 99.0 Å². The van der Waals surface area contributed by atoms with E-state index in [1.165, 1.54) is 12.5 Å². The summed E-state index contributed by atoms with van der Waals surface area (Å²) < 4.78 is 6.91. The van der Waals surface area contributed by atoms with E-state index < -0.39 is 0 Å². The largest absolute Gasteiger partial charge is 0.445 e. The van der Waals surface area contributed by atoms with Crippen LogP contribution in [0.2, 0.25) is 0 Å². The monoisotopic (exact) mass is 311 g/mol. The van der Waals surface area contributed by atoms with Crippen molar-refractivity contribution in [3.05, 3.63) is 54.7 Å². The molecule has 7 nitrogen and oxygen atoms in total. The number of nitrogens with two attached hydrogens (primary N) is 1. The summed E-state index contributed by atoms with van der Waals surface area (Å²) in [6.45, 7) is 2.45. The average molecular weight is 311 g/mol. The number of oxazole rings is 1. The minimum atomic E-state index is -0.231. The van der Waals surface area contributed by atoms with Crippen LogP contribution < -0.4 is 11.1 Å². The first-order valence-electron chi connectivity index (χ1n) is 7.21. The first-order chi connectivity index (χ1) is 11.1. The first-order valence-corrected chi connectivity index (χ1v) is 7.21. The molecule has 0 saturated carbocycles. The summed E-state index contributed by atoms with van der Waals surface area (Å²) in [7, 11) is 0. The maximum Gasteiger partial charge on any atom is 0.258 e. The van der Waals surface area contributed by atoms with Crippen LogP contribution >= 0.6 is 0 Å². The number of rotatable bonds is 5. The minimum Gasteiger partial charge on any atom is -0.445 e. The number of aromatic nitrogens is 3. The van der Waals surface area contributed by atoms with E-state index >= 15 is 0 Å². The molecule has 1 amide bonds. The van der Waals surface area contributed by atoms with Crippen molar-refractivity contribution in [2.45, 2.75) is 19.5 Å². The Balaban J connectivity index is 1.73. The van der Waals surface area contributed by atoms with Gasteiger partial charge in [0, 0.05) is 23.5 Å². The van der Waals surface area contributed by atoms with Gasteiger partial charge in [-0.15, -0.1) is 0 Å². The number of hydrogen-bond donors (Lipinski definition) is 2. The second-order valence-electron chi connectivity index (χ2n) is 5.30. The average Bonchev–Trinajstić information content (AvgIpc) is 3.18. The van der Waals surface area contributed by atoms with Gasteiger partial charge in [-0.2, -0.15) is 5.10 Å². The Morgan fingerprint density at radius 3 is 3.09 bits per heavy atom. The number of nitrogens with zero attached hydrogens (tertiary/aromatic N) is 3. The maximum atomic E-state index is 12.3. The highest BCUT2D eigenvalue weighted by molar-refractivity contribution is 6.04. The van der Waals surface area contributed by atoms with E-state index in [9.17, 15) is 4.79 Å². The lowest BCUT2D eigenvalue weighted by Crippen LogP contribution is -2.22. The van der Waals surface area contributed by atoms with E-state index in [2.05, 4.69) is 15.4 Å². The van der Waals surface area contributed by atoms with Crippen molar-refractivity contribution in [3.8, 4) is 11.5 Å². The number of nitrogens with one attached hydrogen (secondary N) is 1. The Hall–Kier alpha value is -2.93. The number of carbonyl (C=O) groups is 1. The lowest BCUT2D eigenvalue weighted by Gasteiger charge is -2.05. The molecule has 0 fully saturated rings. The van der Waals surface area contributed by atoms with Crippen LogP contribution in [0.3, 0.4) is 0 Å². The number of anilines is 1. The molecule has 2 aromatic heterocycles. The standard InChI is InChI=1S/C16H17N5O2/c1-11(17)9-21-10-13(8-19-21)15(22)20-14-4-2-3-12(7-14)16-18-5-6-23-16/h2-8,10-11H,9,17H2,1H3,(H,20,22). The van der Waals surface area contributed by atoms with Crippen molar-refractivity contribution < 1.29 is 9.21 Å². The summed E-state index contributed by atoms with van der Waals surface area (Å²) in [4.78, 5) is 16.4. The Kier molecular flexibility index (Phi) is 4.20. The summed E-state index contributed by atoms with van der Waals surface area (Å²) in [6.07, 6.45) is 6.28. The summed E-state index contributed by atoms with van der Waals surface area (Å²) >= 11 is 0. The quantitative estimate of drug-likeness (QED) is 0.752. The van der Waals surface area contributed by atoms with Crippen LogP contribution in [0.5, 0.6) is 0 Å². The van der Waals surface area contributed by atoms with E-state index in [0.29, 0.717) is 23.7 Å². The van der Waals surface area contributed by atoms with Gasteiger partial charge < -0.3 is 15.5 Å². The molecule has 0 radical (unpaired) electrons. The van der Waals surface area contributed by atoms with Crippen molar-refractivity contribution in [2.75, 3.05) is 5.32 Å². The molecule has 23 heavy (non-hydrogen) atoms. The second kappa shape index (κ2) is 6.45. The Bertz CT molecular complexity index is 792. The molecule has 0 spiro atoms. The van der Waals surface area contributed by atoms with Crippen LogP contribution in [-0.4, -0.2) is 26.7 Å². The fraction of sp³-hybridized carbons (Fsp3) is 0.188. The highest BCUT2D eigenvalue weighted by atomic mass is 16.3. The molecule has 0 aliphatic carbocycles. The highest BCUT2D eigenvalue weighted by Gasteiger charge is 2.11. The van der Waals surface area contributed by atoms with Crippen molar-refractivity contribution >= 4 is 11.6 Å². The molecule has 1 unspecified atom stereocenters. The van der Waals surface area contributed by atoms with E-state index in [4.69, 9.17) is 10.2 Å². The summed E-state index contributed by atoms with van der Waals surface area (Å²) in [5, 5.41) is 6.96. The fourth-order valence-corrected chi connectivity index (χ4v) is 2.17. The number of carbonyl (C=O) groups excluding carboxylic acids is 1. The Labute approximate surface area is 133 Å². The zero-order valence-corrected chi connectivity index (χ0v) is 12.6. The summed E-state index contributed by atoms with van der Waals surface area (Å²) in [5.41, 5.74) is 7.65. The fourth-order valence-electron chi connectivity index (χ4n) is 2.17. The molecular formula is C16H17N5O2. The SMILES string of the molecule is CC(N)Cn1cc(C(=O)Nc2cccc(-c3ncco3)c2)cn1. The van der Waals surface area contributed by atoms with Gasteiger partial charge in [-0.1, -0.05) is 6.07 Å². The van der Waals surface area contributed by atoms with E-state index in [0.717, 1.165) is 5.56 Å². The molecule has 0 bridgehead atoms. The smallest absolute Gasteiger partial charge is 0.258 e. The minimum absolute atomic E-state index is 0.0247. The van der Waals surface area contributed by atoms with Crippen LogP contribution in [0, 0.1) is 0 Å². The van der Waals surface area contributed by atoms with Crippen molar-refractivity contribution in [1.82, 2.24) is 14.8 Å². The molecule has 7 heteroatoms. The number of benzene rings is 1. The Morgan fingerprint density at radius 1 is 1.48 bits per heavy atom. The van der Waals surface area contributed by atoms with Crippen LogP contribution in [0.1, 0.15) is 17.3 Å². The lowest BCUT2D eigenvalue weighted by atomic mass is 10.2. The van der Waals surface area contributed by atoms with Gasteiger partial charge >= 0.3 is 0 Å². The highest BCUT2D eigenvalue weighted by Crippen LogP contribution is 2.21. The van der Waals surface area contributed by atoms with Crippen LogP contribution in [0.4, 0.5) is 5.69 Å². The molecule has 118 valence electrons. The zero-order valence-electron chi connectivity index (χ0n) is 12.6. The molecule has 3 N–H and O–H groups in total. The number of hydrogen-bond acceptors (Lipinski definition) is 5. The molecule has 3 aromatic rings. The van der Waals surface area contributed by atoms with Crippen LogP contribution in [0.25, 0.3) is 11.5 Å². The first kappa shape index (κ1) is 15.0. The van der Waals surface area contributed by atoms with Gasteiger partial charge in [-0.3, -0.25) is 9.48 Å². The van der Waals surface area contributed by atoms with Crippen molar-refractivity contribution in [3.63, 3.8) is 0 Å². The zero-order chi connectivity index (χ0) is 16.2. The summed E-state index contributed by atoms with van der Waals surface area (Å²) in [5.74, 6) is 0.274. The predicted molar refractivity (Wildman–Crippen MR) is 85.8 cm³/mol. The van der Waals surface area contributed by atoms with Crippen LogP contribution in [-0.2, 0) is 6.54 Å².